The Morgan fingerprint density at radius 3 is 0.695 bits per heavy atom. The van der Waals surface area contributed by atoms with E-state index in [1.807, 2.05) is 0 Å². The Bertz CT molecular complexity index is 3720. The smallest absolute Gasteiger partial charge is 0.0152 e. The summed E-state index contributed by atoms with van der Waals surface area (Å²) in [6.45, 7) is 25.6. The van der Waals surface area contributed by atoms with Crippen molar-refractivity contribution in [2.24, 2.45) is 0 Å². The molecule has 0 saturated heterocycles. The lowest BCUT2D eigenvalue weighted by molar-refractivity contribution is 1.41. The Morgan fingerprint density at radius 2 is 0.390 bits per heavy atom. The minimum absolute atomic E-state index is 1.29. The van der Waals surface area contributed by atoms with Crippen LogP contribution < -0.4 is 0 Å². The molecule has 0 atom stereocenters. The van der Waals surface area contributed by atoms with E-state index in [1.165, 1.54) is 133 Å². The third-order valence-electron chi connectivity index (χ3n) is 14.7. The van der Waals surface area contributed by atoms with Crippen LogP contribution in [0.1, 0.15) is 66.8 Å². The second-order valence-electron chi connectivity index (χ2n) is 21.8. The first kappa shape index (κ1) is 60.5. The number of hydrogen-bond donors (Lipinski definition) is 0. The van der Waals surface area contributed by atoms with Gasteiger partial charge in [0.2, 0.25) is 0 Å². The van der Waals surface area contributed by atoms with E-state index in [0.717, 1.165) is 0 Å². The Hall–Kier alpha value is -9.10. The molecule has 12 rings (SSSR count). The standard InChI is InChI=1S/5C14H14.C12H12/c1-11-3-7-13(8-4-11)14-9-5-12(2)6-10-14;1-11-5-3-7-13(9-11)14-8-4-6-12(2)10-14;1-11-7-3-5-9-13(11)14-10-6-4-8-12(14)2;1-11-6-8-13(9-7-11)14-5-3-4-12(2)10-14;1-11-7-9-13(10-8-11)14-6-4-3-5-12(14)2;1-9-5-3-8-12-10(2)6-4-7-11(9)12/h5*3-10H,1-2H3;3-8H,1-2H3. The van der Waals surface area contributed by atoms with Crippen LogP contribution in [0.25, 0.3) is 66.4 Å². The summed E-state index contributed by atoms with van der Waals surface area (Å²) >= 11 is 0. The number of benzene rings is 12. The summed E-state index contributed by atoms with van der Waals surface area (Å²) in [4.78, 5) is 0. The Labute approximate surface area is 492 Å². The van der Waals surface area contributed by atoms with Gasteiger partial charge in [0, 0.05) is 0 Å². The summed E-state index contributed by atoms with van der Waals surface area (Å²) in [5.74, 6) is 0. The second-order valence-corrected chi connectivity index (χ2v) is 21.8. The van der Waals surface area contributed by atoms with E-state index < -0.39 is 0 Å². The molecule has 0 aliphatic heterocycles. The summed E-state index contributed by atoms with van der Waals surface area (Å²) in [6, 6.07) is 98.7. The number of rotatable bonds is 5. The highest BCUT2D eigenvalue weighted by atomic mass is 14.1. The van der Waals surface area contributed by atoms with Crippen molar-refractivity contribution in [1.29, 1.82) is 0 Å². The zero-order chi connectivity index (χ0) is 58.4. The SMILES string of the molecule is Cc1ccc(-c2ccc(C)cc2)cc1.Cc1ccc(-c2cccc(C)c2)cc1.Cc1ccc(-c2ccccc2C)cc1.Cc1cccc(-c2cccc(C)c2)c1.Cc1cccc2c(C)cccc12.Cc1ccccc1-c1ccccc1C. The van der Waals surface area contributed by atoms with Crippen molar-refractivity contribution >= 4 is 10.8 Å². The lowest BCUT2D eigenvalue weighted by atomic mass is 9.97. The van der Waals surface area contributed by atoms with Gasteiger partial charge in [-0.1, -0.05) is 318 Å². The molecule has 82 heavy (non-hydrogen) atoms. The van der Waals surface area contributed by atoms with Gasteiger partial charge in [-0.15, -0.1) is 0 Å². The van der Waals surface area contributed by atoms with E-state index in [1.54, 1.807) is 0 Å². The van der Waals surface area contributed by atoms with Crippen molar-refractivity contribution in [3.63, 3.8) is 0 Å². The van der Waals surface area contributed by atoms with Crippen molar-refractivity contribution in [3.05, 3.63) is 346 Å². The van der Waals surface area contributed by atoms with Gasteiger partial charge in [-0.05, 0) is 177 Å². The van der Waals surface area contributed by atoms with Gasteiger partial charge < -0.3 is 0 Å². The Morgan fingerprint density at radius 1 is 0.146 bits per heavy atom. The maximum absolute atomic E-state index is 2.22. The van der Waals surface area contributed by atoms with Crippen molar-refractivity contribution in [1.82, 2.24) is 0 Å². The van der Waals surface area contributed by atoms with Crippen LogP contribution >= 0.6 is 0 Å². The number of hydrogen-bond acceptors (Lipinski definition) is 0. The van der Waals surface area contributed by atoms with Crippen LogP contribution in [-0.4, -0.2) is 0 Å². The highest BCUT2D eigenvalue weighted by Crippen LogP contribution is 2.28. The average molecular weight is 1070 g/mol. The summed E-state index contributed by atoms with van der Waals surface area (Å²) in [7, 11) is 0. The average Bonchev–Trinajstić information content (AvgIpc) is 3.59. The second kappa shape index (κ2) is 30.5. The van der Waals surface area contributed by atoms with Gasteiger partial charge in [0.1, 0.15) is 0 Å². The maximum atomic E-state index is 2.22. The lowest BCUT2D eigenvalue weighted by Gasteiger charge is -2.08. The van der Waals surface area contributed by atoms with E-state index in [2.05, 4.69) is 362 Å². The molecule has 0 fully saturated rings. The van der Waals surface area contributed by atoms with E-state index in [-0.39, 0.29) is 0 Å². The van der Waals surface area contributed by atoms with Crippen molar-refractivity contribution in [2.45, 2.75) is 83.1 Å². The molecular formula is C82H82. The Balaban J connectivity index is 0.000000142. The number of aryl methyl sites for hydroxylation is 12. The van der Waals surface area contributed by atoms with Crippen LogP contribution in [0.3, 0.4) is 0 Å². The molecule has 0 saturated carbocycles. The molecule has 0 N–H and O–H groups in total. The zero-order valence-corrected chi connectivity index (χ0v) is 50.6. The fraction of sp³-hybridized carbons (Fsp3) is 0.146. The highest BCUT2D eigenvalue weighted by molar-refractivity contribution is 5.88. The predicted molar refractivity (Wildman–Crippen MR) is 360 cm³/mol. The Kier molecular flexibility index (Phi) is 22.5. The minimum atomic E-state index is 1.29. The molecular weight excluding hydrogens is 985 g/mol. The minimum Gasteiger partial charge on any atom is -0.0620 e. The third-order valence-corrected chi connectivity index (χ3v) is 14.7. The van der Waals surface area contributed by atoms with E-state index >= 15 is 0 Å². The van der Waals surface area contributed by atoms with Crippen molar-refractivity contribution in [3.8, 4) is 55.6 Å². The van der Waals surface area contributed by atoms with Crippen molar-refractivity contribution < 1.29 is 0 Å². The summed E-state index contributed by atoms with van der Waals surface area (Å²) in [5, 5.41) is 2.75. The molecule has 410 valence electrons. The topological polar surface area (TPSA) is 0 Å². The van der Waals surface area contributed by atoms with Crippen LogP contribution in [0.4, 0.5) is 0 Å². The van der Waals surface area contributed by atoms with Gasteiger partial charge in [0.25, 0.3) is 0 Å². The first-order valence-corrected chi connectivity index (χ1v) is 28.7. The van der Waals surface area contributed by atoms with Crippen LogP contribution in [0.5, 0.6) is 0 Å². The molecule has 0 aliphatic rings. The van der Waals surface area contributed by atoms with Crippen LogP contribution in [0, 0.1) is 83.1 Å². The maximum Gasteiger partial charge on any atom is -0.0152 e. The fourth-order valence-electron chi connectivity index (χ4n) is 9.72. The molecule has 0 spiro atoms. The van der Waals surface area contributed by atoms with E-state index in [4.69, 9.17) is 0 Å². The molecule has 12 aromatic carbocycles. The monoisotopic (exact) mass is 1070 g/mol. The van der Waals surface area contributed by atoms with E-state index in [0.29, 0.717) is 0 Å². The van der Waals surface area contributed by atoms with Crippen LogP contribution in [0.15, 0.2) is 279 Å². The van der Waals surface area contributed by atoms with Crippen molar-refractivity contribution in [2.75, 3.05) is 0 Å². The summed E-state index contributed by atoms with van der Waals surface area (Å²) in [6.07, 6.45) is 0. The third kappa shape index (κ3) is 18.2. The fourth-order valence-corrected chi connectivity index (χ4v) is 9.72. The molecule has 0 bridgehead atoms. The molecule has 0 amide bonds. The quantitative estimate of drug-likeness (QED) is 0.161. The van der Waals surface area contributed by atoms with Gasteiger partial charge >= 0.3 is 0 Å². The van der Waals surface area contributed by atoms with Gasteiger partial charge in [-0.2, -0.15) is 0 Å². The molecule has 12 aromatic rings. The molecule has 0 unspecified atom stereocenters. The normalized spacial score (nSPS) is 10.2. The number of fused-ring (bicyclic) bond motifs is 1. The molecule has 0 radical (unpaired) electrons. The lowest BCUT2D eigenvalue weighted by Crippen LogP contribution is -1.85. The summed E-state index contributed by atoms with van der Waals surface area (Å²) in [5.41, 5.74) is 28.9. The van der Waals surface area contributed by atoms with E-state index in [9.17, 15) is 0 Å². The predicted octanol–water partition coefficient (Wildman–Crippen LogP) is 23.3. The molecule has 0 heterocycles. The van der Waals surface area contributed by atoms with Crippen LogP contribution in [-0.2, 0) is 0 Å². The van der Waals surface area contributed by atoms with Crippen LogP contribution in [0.2, 0.25) is 0 Å². The summed E-state index contributed by atoms with van der Waals surface area (Å²) < 4.78 is 0. The van der Waals surface area contributed by atoms with Gasteiger partial charge in [0.05, 0.1) is 0 Å². The molecule has 0 heteroatoms. The highest BCUT2D eigenvalue weighted by Gasteiger charge is 2.04. The molecule has 0 aromatic heterocycles. The van der Waals surface area contributed by atoms with Gasteiger partial charge in [-0.25, -0.2) is 0 Å². The zero-order valence-electron chi connectivity index (χ0n) is 50.6. The largest absolute Gasteiger partial charge is 0.0620 e. The van der Waals surface area contributed by atoms with Gasteiger partial charge in [-0.3, -0.25) is 0 Å². The molecule has 0 nitrogen and oxygen atoms in total. The van der Waals surface area contributed by atoms with Gasteiger partial charge in [0.15, 0.2) is 0 Å². The first-order valence-electron chi connectivity index (χ1n) is 28.7. The first-order chi connectivity index (χ1) is 39.6. The molecule has 0 aliphatic carbocycles.